The Morgan fingerprint density at radius 1 is 1.05 bits per heavy atom. The molecule has 0 spiro atoms. The fourth-order valence-corrected chi connectivity index (χ4v) is 2.92. The van der Waals surface area contributed by atoms with Crippen LogP contribution >= 0.6 is 23.2 Å². The van der Waals surface area contributed by atoms with Crippen LogP contribution in [0.15, 0.2) is 36.4 Å². The zero-order valence-electron chi connectivity index (χ0n) is 11.2. The van der Waals surface area contributed by atoms with E-state index < -0.39 is 0 Å². The molecule has 1 heterocycles. The van der Waals surface area contributed by atoms with Gasteiger partial charge in [-0.1, -0.05) is 23.2 Å². The third-order valence-electron chi connectivity index (χ3n) is 3.81. The summed E-state index contributed by atoms with van der Waals surface area (Å²) in [6.45, 7) is 0. The molecule has 0 amide bonds. The fraction of sp³-hybridized carbons (Fsp3) is 0.188. The van der Waals surface area contributed by atoms with E-state index in [1.165, 1.54) is 12.8 Å². The van der Waals surface area contributed by atoms with Crippen molar-refractivity contribution < 1.29 is 0 Å². The van der Waals surface area contributed by atoms with Gasteiger partial charge in [0.25, 0.3) is 0 Å². The molecule has 0 atom stereocenters. The molecule has 1 saturated carbocycles. The largest absolute Gasteiger partial charge is 0.399 e. The van der Waals surface area contributed by atoms with Gasteiger partial charge in [0.1, 0.15) is 5.82 Å². The summed E-state index contributed by atoms with van der Waals surface area (Å²) in [5, 5.41) is 1.11. The predicted molar refractivity (Wildman–Crippen MR) is 87.5 cm³/mol. The number of rotatable bonds is 2. The first-order valence-electron chi connectivity index (χ1n) is 6.87. The number of halogens is 2. The average molecular weight is 318 g/mol. The maximum Gasteiger partial charge on any atom is 0.117 e. The van der Waals surface area contributed by atoms with E-state index in [1.54, 1.807) is 0 Å². The van der Waals surface area contributed by atoms with Gasteiger partial charge in [-0.05, 0) is 49.2 Å². The van der Waals surface area contributed by atoms with Crippen molar-refractivity contribution in [1.29, 1.82) is 0 Å². The van der Waals surface area contributed by atoms with E-state index in [2.05, 4.69) is 4.57 Å². The van der Waals surface area contributed by atoms with Crippen molar-refractivity contribution in [2.45, 2.75) is 18.8 Å². The molecule has 3 aromatic rings. The quantitative estimate of drug-likeness (QED) is 0.690. The lowest BCUT2D eigenvalue weighted by atomic mass is 10.2. The fourth-order valence-electron chi connectivity index (χ4n) is 2.63. The van der Waals surface area contributed by atoms with E-state index in [4.69, 9.17) is 33.9 Å². The van der Waals surface area contributed by atoms with E-state index in [0.717, 1.165) is 28.2 Å². The molecule has 1 fully saturated rings. The van der Waals surface area contributed by atoms with Crippen LogP contribution in [-0.4, -0.2) is 9.55 Å². The minimum Gasteiger partial charge on any atom is -0.399 e. The second kappa shape index (κ2) is 4.65. The van der Waals surface area contributed by atoms with Gasteiger partial charge in [0.15, 0.2) is 0 Å². The number of nitrogens with zero attached hydrogens (tertiary/aromatic N) is 2. The first kappa shape index (κ1) is 13.0. The monoisotopic (exact) mass is 317 g/mol. The minimum atomic E-state index is 0.521. The van der Waals surface area contributed by atoms with Crippen LogP contribution in [0, 0.1) is 0 Å². The van der Waals surface area contributed by atoms with Gasteiger partial charge in [-0.3, -0.25) is 4.57 Å². The first-order chi connectivity index (χ1) is 10.1. The number of hydrogen-bond donors (Lipinski definition) is 1. The molecule has 0 radical (unpaired) electrons. The Bertz CT molecular complexity index is 850. The molecule has 1 aromatic heterocycles. The lowest BCUT2D eigenvalue weighted by molar-refractivity contribution is 0.896. The molecule has 1 aliphatic rings. The van der Waals surface area contributed by atoms with Crippen LogP contribution in [0.2, 0.25) is 10.0 Å². The van der Waals surface area contributed by atoms with Gasteiger partial charge >= 0.3 is 0 Å². The van der Waals surface area contributed by atoms with E-state index in [0.29, 0.717) is 16.0 Å². The van der Waals surface area contributed by atoms with Crippen molar-refractivity contribution in [1.82, 2.24) is 9.55 Å². The number of nitrogens with two attached hydrogens (primary N) is 1. The molecule has 1 aliphatic carbocycles. The number of aromatic nitrogens is 2. The van der Waals surface area contributed by atoms with Crippen LogP contribution in [0.5, 0.6) is 0 Å². The lowest BCUT2D eigenvalue weighted by Crippen LogP contribution is -2.00. The van der Waals surface area contributed by atoms with Crippen LogP contribution < -0.4 is 5.73 Å². The van der Waals surface area contributed by atoms with E-state index in [-0.39, 0.29) is 0 Å². The maximum absolute atomic E-state index is 6.17. The first-order valence-corrected chi connectivity index (χ1v) is 7.62. The number of nitrogen functional groups attached to an aromatic ring is 1. The molecule has 4 rings (SSSR count). The van der Waals surface area contributed by atoms with Crippen LogP contribution in [0.25, 0.3) is 16.7 Å². The average Bonchev–Trinajstić information content (AvgIpc) is 3.23. The van der Waals surface area contributed by atoms with Crippen LogP contribution in [-0.2, 0) is 0 Å². The molecule has 0 unspecified atom stereocenters. The van der Waals surface area contributed by atoms with Gasteiger partial charge in [-0.15, -0.1) is 0 Å². The van der Waals surface area contributed by atoms with Gasteiger partial charge < -0.3 is 5.73 Å². The standard InChI is InChI=1S/C16H13Cl2N3/c17-12-5-4-11(8-13(12)18)21-15-6-3-10(19)7-14(15)20-16(21)9-1-2-9/h3-9H,1-2,19H2. The third-order valence-corrected chi connectivity index (χ3v) is 4.55. The molecular formula is C16H13Cl2N3. The summed E-state index contributed by atoms with van der Waals surface area (Å²) in [5.41, 5.74) is 9.55. The topological polar surface area (TPSA) is 43.8 Å². The summed E-state index contributed by atoms with van der Waals surface area (Å²) < 4.78 is 2.16. The summed E-state index contributed by atoms with van der Waals surface area (Å²) in [7, 11) is 0. The summed E-state index contributed by atoms with van der Waals surface area (Å²) in [5.74, 6) is 1.60. The van der Waals surface area contributed by atoms with Crippen LogP contribution in [0.4, 0.5) is 5.69 Å². The van der Waals surface area contributed by atoms with E-state index in [1.807, 2.05) is 36.4 Å². The molecule has 2 aromatic carbocycles. The molecule has 0 aliphatic heterocycles. The van der Waals surface area contributed by atoms with Crippen molar-refractivity contribution >= 4 is 39.9 Å². The molecule has 0 bridgehead atoms. The highest BCUT2D eigenvalue weighted by Crippen LogP contribution is 2.42. The number of anilines is 1. The van der Waals surface area contributed by atoms with Crippen molar-refractivity contribution in [3.05, 3.63) is 52.3 Å². The van der Waals surface area contributed by atoms with Gasteiger partial charge in [0.05, 0.1) is 21.1 Å². The van der Waals surface area contributed by atoms with Crippen molar-refractivity contribution in [2.75, 3.05) is 5.73 Å². The second-order valence-corrected chi connectivity index (χ2v) is 6.24. The highest BCUT2D eigenvalue weighted by Gasteiger charge is 2.30. The highest BCUT2D eigenvalue weighted by atomic mass is 35.5. The molecule has 21 heavy (non-hydrogen) atoms. The third kappa shape index (κ3) is 2.17. The summed E-state index contributed by atoms with van der Waals surface area (Å²) in [6.07, 6.45) is 2.36. The van der Waals surface area contributed by atoms with Gasteiger partial charge in [0.2, 0.25) is 0 Å². The number of fused-ring (bicyclic) bond motifs is 1. The van der Waals surface area contributed by atoms with E-state index in [9.17, 15) is 0 Å². The summed E-state index contributed by atoms with van der Waals surface area (Å²) in [4.78, 5) is 4.77. The number of imidazole rings is 1. The zero-order chi connectivity index (χ0) is 14.6. The number of hydrogen-bond acceptors (Lipinski definition) is 2. The molecule has 0 saturated heterocycles. The Kier molecular flexibility index (Phi) is 2.88. The van der Waals surface area contributed by atoms with Crippen LogP contribution in [0.3, 0.4) is 0 Å². The Morgan fingerprint density at radius 2 is 1.86 bits per heavy atom. The second-order valence-electron chi connectivity index (χ2n) is 5.43. The Hall–Kier alpha value is -1.71. The van der Waals surface area contributed by atoms with Gasteiger partial charge in [-0.2, -0.15) is 0 Å². The Morgan fingerprint density at radius 3 is 2.57 bits per heavy atom. The Balaban J connectivity index is 2.01. The van der Waals surface area contributed by atoms with Crippen molar-refractivity contribution in [3.63, 3.8) is 0 Å². The maximum atomic E-state index is 6.17. The smallest absolute Gasteiger partial charge is 0.117 e. The molecule has 2 N–H and O–H groups in total. The molecule has 3 nitrogen and oxygen atoms in total. The van der Waals surface area contributed by atoms with E-state index >= 15 is 0 Å². The van der Waals surface area contributed by atoms with Crippen LogP contribution in [0.1, 0.15) is 24.6 Å². The van der Waals surface area contributed by atoms with Gasteiger partial charge in [0, 0.05) is 17.3 Å². The highest BCUT2D eigenvalue weighted by molar-refractivity contribution is 6.42. The van der Waals surface area contributed by atoms with Gasteiger partial charge in [-0.25, -0.2) is 4.98 Å². The minimum absolute atomic E-state index is 0.521. The lowest BCUT2D eigenvalue weighted by Gasteiger charge is -2.10. The molecule has 5 heteroatoms. The SMILES string of the molecule is Nc1ccc2c(c1)nc(C1CC1)n2-c1ccc(Cl)c(Cl)c1. The van der Waals surface area contributed by atoms with Crippen molar-refractivity contribution in [3.8, 4) is 5.69 Å². The molecular weight excluding hydrogens is 305 g/mol. The van der Waals surface area contributed by atoms with Crippen molar-refractivity contribution in [2.24, 2.45) is 0 Å². The zero-order valence-corrected chi connectivity index (χ0v) is 12.7. The Labute approximate surface area is 132 Å². The summed E-state index contributed by atoms with van der Waals surface area (Å²) in [6, 6.07) is 11.5. The predicted octanol–water partition coefficient (Wildman–Crippen LogP) is 4.79. The molecule has 106 valence electrons. The normalized spacial score (nSPS) is 14.8. The number of benzene rings is 2. The summed E-state index contributed by atoms with van der Waals surface area (Å²) >= 11 is 12.2.